The van der Waals surface area contributed by atoms with E-state index in [-0.39, 0.29) is 44.6 Å². The summed E-state index contributed by atoms with van der Waals surface area (Å²) in [6.07, 6.45) is 0. The molecule has 2 aromatic carbocycles. The number of nitrogens with zero attached hydrogens (tertiary/aromatic N) is 2. The van der Waals surface area contributed by atoms with Gasteiger partial charge in [0.15, 0.2) is 6.61 Å². The van der Waals surface area contributed by atoms with E-state index < -0.39 is 10.0 Å². The number of aromatic nitrogens is 2. The van der Waals surface area contributed by atoms with Gasteiger partial charge in [-0.1, -0.05) is 52.1 Å². The van der Waals surface area contributed by atoms with Crippen LogP contribution in [0.1, 0.15) is 5.89 Å². The van der Waals surface area contributed by atoms with Crippen LogP contribution in [0.3, 0.4) is 0 Å². The molecule has 0 aliphatic carbocycles. The molecule has 0 atom stereocenters. The van der Waals surface area contributed by atoms with Crippen molar-refractivity contribution < 1.29 is 17.7 Å². The van der Waals surface area contributed by atoms with Crippen LogP contribution in [0.25, 0.3) is 11.4 Å². The zero-order valence-electron chi connectivity index (χ0n) is 12.8. The van der Waals surface area contributed by atoms with E-state index in [1.165, 1.54) is 24.3 Å². The van der Waals surface area contributed by atoms with Crippen molar-refractivity contribution in [2.24, 2.45) is 5.14 Å². The van der Waals surface area contributed by atoms with E-state index in [1.54, 1.807) is 12.1 Å². The Balaban J connectivity index is 1.83. The smallest absolute Gasteiger partial charge is 0.264 e. The summed E-state index contributed by atoms with van der Waals surface area (Å²) in [5.41, 5.74) is 0.220. The Morgan fingerprint density at radius 3 is 2.50 bits per heavy atom. The van der Waals surface area contributed by atoms with Crippen LogP contribution >= 0.6 is 34.8 Å². The van der Waals surface area contributed by atoms with Gasteiger partial charge >= 0.3 is 0 Å². The van der Waals surface area contributed by atoms with Crippen LogP contribution in [0.4, 0.5) is 0 Å². The molecule has 0 spiro atoms. The summed E-state index contributed by atoms with van der Waals surface area (Å²) >= 11 is 17.8. The van der Waals surface area contributed by atoms with Gasteiger partial charge in [-0.3, -0.25) is 0 Å². The highest BCUT2D eigenvalue weighted by Crippen LogP contribution is 2.34. The number of rotatable bonds is 5. The van der Waals surface area contributed by atoms with Gasteiger partial charge < -0.3 is 9.26 Å². The molecule has 0 amide bonds. The maximum absolute atomic E-state index is 11.7. The van der Waals surface area contributed by atoms with Crippen molar-refractivity contribution >= 4 is 44.8 Å². The van der Waals surface area contributed by atoms with Crippen LogP contribution in [0.2, 0.25) is 15.1 Å². The number of primary sulfonamides is 1. The summed E-state index contributed by atoms with van der Waals surface area (Å²) in [5.74, 6) is 0.450. The molecule has 0 bridgehead atoms. The summed E-state index contributed by atoms with van der Waals surface area (Å²) in [5, 5.41) is 9.80. The quantitative estimate of drug-likeness (QED) is 0.610. The van der Waals surface area contributed by atoms with Gasteiger partial charge in [-0.25, -0.2) is 13.6 Å². The maximum atomic E-state index is 11.7. The molecule has 0 radical (unpaired) electrons. The van der Waals surface area contributed by atoms with E-state index in [0.717, 1.165) is 0 Å². The monoisotopic (exact) mass is 433 g/mol. The fourth-order valence-electron chi connectivity index (χ4n) is 2.08. The molecule has 3 rings (SSSR count). The van der Waals surface area contributed by atoms with Crippen molar-refractivity contribution in [3.05, 3.63) is 57.4 Å². The lowest BCUT2D eigenvalue weighted by Gasteiger charge is -2.07. The standard InChI is InChI=1S/C15H10Cl3N3O4S/c16-9-5-11(18)12(6-10(9)17)24-7-14-20-15(21-25-14)8-3-1-2-4-13(8)26(19,22)23/h1-6H,7H2,(H2,19,22,23). The van der Waals surface area contributed by atoms with Gasteiger partial charge in [0.1, 0.15) is 5.75 Å². The Bertz CT molecular complexity index is 1070. The highest BCUT2D eigenvalue weighted by atomic mass is 35.5. The lowest BCUT2D eigenvalue weighted by Crippen LogP contribution is -2.13. The third kappa shape index (κ3) is 4.11. The van der Waals surface area contributed by atoms with Crippen LogP contribution in [-0.2, 0) is 16.6 Å². The molecule has 0 aliphatic heterocycles. The summed E-state index contributed by atoms with van der Waals surface area (Å²) in [4.78, 5) is 4.00. The van der Waals surface area contributed by atoms with Crippen LogP contribution in [0, 0.1) is 0 Å². The Morgan fingerprint density at radius 2 is 1.77 bits per heavy atom. The van der Waals surface area contributed by atoms with Crippen LogP contribution < -0.4 is 9.88 Å². The minimum absolute atomic E-state index is 0.0634. The predicted octanol–water partition coefficient (Wildman–Crippen LogP) is 3.92. The van der Waals surface area contributed by atoms with E-state index in [2.05, 4.69) is 10.1 Å². The molecule has 136 valence electrons. The highest BCUT2D eigenvalue weighted by Gasteiger charge is 2.19. The molecule has 2 N–H and O–H groups in total. The molecular formula is C15H10Cl3N3O4S. The van der Waals surface area contributed by atoms with E-state index in [0.29, 0.717) is 5.02 Å². The normalized spacial score (nSPS) is 11.5. The first-order chi connectivity index (χ1) is 12.3. The van der Waals surface area contributed by atoms with Gasteiger partial charge in [0, 0.05) is 11.6 Å². The number of hydrogen-bond acceptors (Lipinski definition) is 6. The number of nitrogens with two attached hydrogens (primary N) is 1. The zero-order chi connectivity index (χ0) is 18.9. The van der Waals surface area contributed by atoms with Crippen molar-refractivity contribution in [2.45, 2.75) is 11.5 Å². The fourth-order valence-corrected chi connectivity index (χ4v) is 3.40. The Labute approximate surface area is 163 Å². The molecule has 26 heavy (non-hydrogen) atoms. The van der Waals surface area contributed by atoms with Crippen molar-refractivity contribution in [1.82, 2.24) is 10.1 Å². The van der Waals surface area contributed by atoms with Gasteiger partial charge in [0.25, 0.3) is 5.89 Å². The van der Waals surface area contributed by atoms with Crippen LogP contribution in [-0.4, -0.2) is 18.6 Å². The molecule has 7 nitrogen and oxygen atoms in total. The third-order valence-corrected chi connectivity index (χ3v) is 5.22. The third-order valence-electron chi connectivity index (χ3n) is 3.23. The Morgan fingerprint density at radius 1 is 1.08 bits per heavy atom. The SMILES string of the molecule is NS(=O)(=O)c1ccccc1-c1noc(COc2cc(Cl)c(Cl)cc2Cl)n1. The van der Waals surface area contributed by atoms with Gasteiger partial charge in [0.05, 0.1) is 20.0 Å². The second-order valence-electron chi connectivity index (χ2n) is 5.04. The molecule has 0 unspecified atom stereocenters. The average molecular weight is 435 g/mol. The Kier molecular flexibility index (Phi) is 5.40. The summed E-state index contributed by atoms with van der Waals surface area (Å²) < 4.78 is 33.9. The maximum Gasteiger partial charge on any atom is 0.264 e. The molecule has 0 fully saturated rings. The molecule has 0 aliphatic rings. The van der Waals surface area contributed by atoms with Crippen LogP contribution in [0.15, 0.2) is 45.8 Å². The van der Waals surface area contributed by atoms with Gasteiger partial charge in [0.2, 0.25) is 15.8 Å². The second kappa shape index (κ2) is 7.42. The Hall–Kier alpha value is -1.84. The second-order valence-corrected chi connectivity index (χ2v) is 7.79. The first-order valence-electron chi connectivity index (χ1n) is 6.98. The number of ether oxygens (including phenoxy) is 1. The number of benzene rings is 2. The molecule has 3 aromatic rings. The van der Waals surface area contributed by atoms with Gasteiger partial charge in [-0.15, -0.1) is 0 Å². The van der Waals surface area contributed by atoms with Crippen molar-refractivity contribution in [1.29, 1.82) is 0 Å². The number of sulfonamides is 1. The minimum atomic E-state index is -3.94. The predicted molar refractivity (Wildman–Crippen MR) is 96.9 cm³/mol. The molecule has 0 saturated heterocycles. The molecule has 11 heteroatoms. The molecule has 0 saturated carbocycles. The van der Waals surface area contributed by atoms with Gasteiger partial charge in [-0.2, -0.15) is 4.98 Å². The molecule has 1 aromatic heterocycles. The van der Waals surface area contributed by atoms with Gasteiger partial charge in [-0.05, 0) is 18.2 Å². The number of hydrogen-bond donors (Lipinski definition) is 1. The lowest BCUT2D eigenvalue weighted by molar-refractivity contribution is 0.243. The fraction of sp³-hybridized carbons (Fsp3) is 0.0667. The lowest BCUT2D eigenvalue weighted by atomic mass is 10.2. The van der Waals surface area contributed by atoms with Crippen molar-refractivity contribution in [3.63, 3.8) is 0 Å². The summed E-state index contributed by atoms with van der Waals surface area (Å²) in [6.45, 7) is -0.109. The average Bonchev–Trinajstić information content (AvgIpc) is 3.05. The van der Waals surface area contributed by atoms with Crippen molar-refractivity contribution in [3.8, 4) is 17.1 Å². The summed E-state index contributed by atoms with van der Waals surface area (Å²) in [7, 11) is -3.94. The van der Waals surface area contributed by atoms with E-state index >= 15 is 0 Å². The highest BCUT2D eigenvalue weighted by molar-refractivity contribution is 7.89. The van der Waals surface area contributed by atoms with Crippen molar-refractivity contribution in [2.75, 3.05) is 0 Å². The molecule has 1 heterocycles. The van der Waals surface area contributed by atoms with E-state index in [1.807, 2.05) is 0 Å². The zero-order valence-corrected chi connectivity index (χ0v) is 15.9. The number of halogens is 3. The van der Waals surface area contributed by atoms with E-state index in [9.17, 15) is 8.42 Å². The van der Waals surface area contributed by atoms with E-state index in [4.69, 9.17) is 49.2 Å². The first-order valence-corrected chi connectivity index (χ1v) is 9.66. The molecular weight excluding hydrogens is 425 g/mol. The van der Waals surface area contributed by atoms with Crippen LogP contribution in [0.5, 0.6) is 5.75 Å². The topological polar surface area (TPSA) is 108 Å². The minimum Gasteiger partial charge on any atom is -0.482 e. The first kappa shape index (κ1) is 18.9. The largest absolute Gasteiger partial charge is 0.482 e. The summed E-state index contributed by atoms with van der Waals surface area (Å²) in [6, 6.07) is 8.95.